The van der Waals surface area contributed by atoms with E-state index in [9.17, 15) is 14.3 Å². The highest BCUT2D eigenvalue weighted by Gasteiger charge is 2.33. The number of amides is 1. The van der Waals surface area contributed by atoms with Crippen molar-refractivity contribution in [2.75, 3.05) is 46.5 Å². The van der Waals surface area contributed by atoms with Crippen molar-refractivity contribution in [3.63, 3.8) is 0 Å². The average molecular weight is 479 g/mol. The summed E-state index contributed by atoms with van der Waals surface area (Å²) in [5, 5.41) is 12.4. The van der Waals surface area contributed by atoms with Crippen molar-refractivity contribution in [1.29, 1.82) is 0 Å². The van der Waals surface area contributed by atoms with Crippen LogP contribution in [0.2, 0.25) is 0 Å². The number of halogens is 1. The Morgan fingerprint density at radius 3 is 3.00 bits per heavy atom. The molecule has 1 aliphatic rings. The summed E-state index contributed by atoms with van der Waals surface area (Å²) >= 11 is 1.70. The van der Waals surface area contributed by atoms with Gasteiger partial charge < -0.3 is 19.5 Å². The molecule has 0 saturated carbocycles. The van der Waals surface area contributed by atoms with Gasteiger partial charge in [-0.25, -0.2) is 4.39 Å². The van der Waals surface area contributed by atoms with E-state index in [0.29, 0.717) is 38.4 Å². The van der Waals surface area contributed by atoms with Gasteiger partial charge in [-0.2, -0.15) is 0 Å². The molecule has 1 aromatic heterocycles. The number of thiophene rings is 1. The van der Waals surface area contributed by atoms with Crippen LogP contribution in [0.15, 0.2) is 35.7 Å². The van der Waals surface area contributed by atoms with Gasteiger partial charge in [0.05, 0.1) is 18.7 Å². The molecule has 1 N–H and O–H groups in total. The van der Waals surface area contributed by atoms with E-state index in [-0.39, 0.29) is 30.9 Å². The second kappa shape index (κ2) is 13.0. The Morgan fingerprint density at radius 2 is 2.24 bits per heavy atom. The minimum Gasteiger partial charge on any atom is -0.491 e. The molecule has 2 atom stereocenters. The number of benzene rings is 1. The fourth-order valence-electron chi connectivity index (χ4n) is 4.28. The van der Waals surface area contributed by atoms with Gasteiger partial charge in [0.15, 0.2) is 0 Å². The Morgan fingerprint density at radius 1 is 1.39 bits per heavy atom. The molecule has 1 aliphatic heterocycles. The molecular weight excluding hydrogens is 443 g/mol. The molecule has 3 rings (SSSR count). The molecule has 0 bridgehead atoms. The largest absolute Gasteiger partial charge is 0.491 e. The van der Waals surface area contributed by atoms with Crippen molar-refractivity contribution in [3.8, 4) is 5.75 Å². The second-order valence-electron chi connectivity index (χ2n) is 8.44. The Labute approximate surface area is 199 Å². The van der Waals surface area contributed by atoms with Gasteiger partial charge in [0.25, 0.3) is 0 Å². The number of carbonyl (C=O) groups is 1. The summed E-state index contributed by atoms with van der Waals surface area (Å²) in [7, 11) is 1.66. The first-order valence-corrected chi connectivity index (χ1v) is 12.5. The van der Waals surface area contributed by atoms with Crippen LogP contribution in [0.25, 0.3) is 0 Å². The van der Waals surface area contributed by atoms with Gasteiger partial charge in [-0.3, -0.25) is 9.69 Å². The van der Waals surface area contributed by atoms with Crippen LogP contribution in [0, 0.1) is 5.82 Å². The molecule has 1 amide bonds. The molecule has 182 valence electrons. The van der Waals surface area contributed by atoms with Gasteiger partial charge in [-0.15, -0.1) is 11.3 Å². The third-order valence-electron chi connectivity index (χ3n) is 5.89. The van der Waals surface area contributed by atoms with Crippen LogP contribution in [-0.4, -0.2) is 73.4 Å². The summed E-state index contributed by atoms with van der Waals surface area (Å²) in [4.78, 5) is 18.6. The predicted octanol–water partition coefficient (Wildman–Crippen LogP) is 3.89. The maximum atomic E-state index is 13.6. The lowest BCUT2D eigenvalue weighted by molar-refractivity contribution is -0.136. The lowest BCUT2D eigenvalue weighted by Gasteiger charge is -2.37. The fraction of sp³-hybridized carbons (Fsp3) is 0.560. The number of carbonyl (C=O) groups excluding carboxylic acids is 1. The summed E-state index contributed by atoms with van der Waals surface area (Å²) in [6, 6.07) is 7.91. The van der Waals surface area contributed by atoms with Crippen LogP contribution in [0.1, 0.15) is 42.7 Å². The molecule has 0 radical (unpaired) electrons. The molecule has 0 unspecified atom stereocenters. The van der Waals surface area contributed by atoms with Gasteiger partial charge >= 0.3 is 0 Å². The molecule has 6 nitrogen and oxygen atoms in total. The first kappa shape index (κ1) is 25.6. The summed E-state index contributed by atoms with van der Waals surface area (Å²) in [5.41, 5.74) is 1.10. The van der Waals surface area contributed by atoms with E-state index in [1.165, 1.54) is 17.0 Å². The number of fused-ring (bicyclic) bond motifs is 1. The van der Waals surface area contributed by atoms with E-state index in [0.717, 1.165) is 24.8 Å². The number of aliphatic hydroxyl groups is 1. The summed E-state index contributed by atoms with van der Waals surface area (Å²) < 4.78 is 24.7. The van der Waals surface area contributed by atoms with Gasteiger partial charge in [0.2, 0.25) is 5.91 Å². The highest BCUT2D eigenvalue weighted by molar-refractivity contribution is 7.10. The normalized spacial score (nSPS) is 16.6. The van der Waals surface area contributed by atoms with Gasteiger partial charge in [-0.05, 0) is 48.4 Å². The maximum absolute atomic E-state index is 13.6. The summed E-state index contributed by atoms with van der Waals surface area (Å²) in [6.45, 7) is 4.92. The van der Waals surface area contributed by atoms with Crippen LogP contribution in [0.4, 0.5) is 4.39 Å². The minimum atomic E-state index is -0.456. The zero-order valence-corrected chi connectivity index (χ0v) is 20.4. The lowest BCUT2D eigenvalue weighted by Crippen LogP contribution is -2.48. The number of aliphatic hydroxyl groups excluding tert-OH is 1. The summed E-state index contributed by atoms with van der Waals surface area (Å²) in [5.74, 6) is 0.118. The monoisotopic (exact) mass is 478 g/mol. The van der Waals surface area contributed by atoms with E-state index in [1.54, 1.807) is 30.6 Å². The first-order valence-electron chi connectivity index (χ1n) is 11.6. The average Bonchev–Trinajstić information content (AvgIpc) is 3.27. The zero-order chi connectivity index (χ0) is 23.6. The smallest absolute Gasteiger partial charge is 0.237 e. The van der Waals surface area contributed by atoms with Crippen molar-refractivity contribution in [2.24, 2.45) is 0 Å². The Kier molecular flexibility index (Phi) is 10.1. The van der Waals surface area contributed by atoms with Crippen LogP contribution in [-0.2, 0) is 16.0 Å². The molecule has 0 saturated heterocycles. The van der Waals surface area contributed by atoms with Crippen LogP contribution in [0.3, 0.4) is 0 Å². The van der Waals surface area contributed by atoms with Crippen molar-refractivity contribution in [2.45, 2.75) is 44.8 Å². The highest BCUT2D eigenvalue weighted by atomic mass is 32.1. The van der Waals surface area contributed by atoms with E-state index >= 15 is 0 Å². The van der Waals surface area contributed by atoms with Crippen LogP contribution >= 0.6 is 11.3 Å². The molecule has 2 aromatic rings. The number of hydrogen-bond acceptors (Lipinski definition) is 6. The third kappa shape index (κ3) is 7.50. The minimum absolute atomic E-state index is 0.0146. The van der Waals surface area contributed by atoms with Crippen LogP contribution in [0.5, 0.6) is 5.75 Å². The second-order valence-corrected chi connectivity index (χ2v) is 9.45. The molecule has 33 heavy (non-hydrogen) atoms. The zero-order valence-electron chi connectivity index (χ0n) is 19.5. The molecule has 8 heteroatoms. The highest BCUT2D eigenvalue weighted by Crippen LogP contribution is 2.34. The molecule has 0 fully saturated rings. The number of ether oxygens (including phenoxy) is 2. The van der Waals surface area contributed by atoms with E-state index in [1.807, 2.05) is 22.1 Å². The topological polar surface area (TPSA) is 62.2 Å². The van der Waals surface area contributed by atoms with Gasteiger partial charge in [0.1, 0.15) is 18.2 Å². The SMILES string of the molecule is CCC[C@H](O)CN(CCCOC)CC(=O)N1CCc2sccc2[C@H]1COc1cccc(F)c1. The molecule has 0 spiro atoms. The van der Waals surface area contributed by atoms with Crippen molar-refractivity contribution in [3.05, 3.63) is 52.0 Å². The number of methoxy groups -OCH3 is 1. The molecule has 1 aromatic carbocycles. The first-order chi connectivity index (χ1) is 16.0. The number of hydrogen-bond donors (Lipinski definition) is 1. The predicted molar refractivity (Wildman–Crippen MR) is 128 cm³/mol. The lowest BCUT2D eigenvalue weighted by atomic mass is 10.0. The van der Waals surface area contributed by atoms with Gasteiger partial charge in [-0.1, -0.05) is 19.4 Å². The van der Waals surface area contributed by atoms with E-state index in [2.05, 4.69) is 6.07 Å². The molecule has 0 aliphatic carbocycles. The maximum Gasteiger partial charge on any atom is 0.237 e. The Bertz CT molecular complexity index is 878. The van der Waals surface area contributed by atoms with Crippen molar-refractivity contribution < 1.29 is 23.8 Å². The van der Waals surface area contributed by atoms with Gasteiger partial charge in [0, 0.05) is 44.3 Å². The quantitative estimate of drug-likeness (QED) is 0.443. The third-order valence-corrected chi connectivity index (χ3v) is 6.89. The Hall–Kier alpha value is -2.00. The molecule has 2 heterocycles. The van der Waals surface area contributed by atoms with Crippen molar-refractivity contribution in [1.82, 2.24) is 9.80 Å². The van der Waals surface area contributed by atoms with Crippen molar-refractivity contribution >= 4 is 17.2 Å². The number of rotatable bonds is 13. The Balaban J connectivity index is 1.70. The van der Waals surface area contributed by atoms with E-state index < -0.39 is 6.10 Å². The van der Waals surface area contributed by atoms with Crippen LogP contribution < -0.4 is 4.74 Å². The summed E-state index contributed by atoms with van der Waals surface area (Å²) in [6.07, 6.45) is 2.76. The van der Waals surface area contributed by atoms with E-state index in [4.69, 9.17) is 9.47 Å². The number of nitrogens with zero attached hydrogens (tertiary/aromatic N) is 2. The standard InChI is InChI=1S/C25H35FN2O4S/c1-3-6-20(29)16-27(11-5-13-31-2)17-25(30)28-12-9-24-22(10-14-33-24)23(28)18-32-21-8-4-7-19(26)15-21/h4,7-8,10,14-15,20,23,29H,3,5-6,9,11-13,16-18H2,1-2H3/t20-,23+/m0/s1. The molecular formula is C25H35FN2O4S. The fourth-order valence-corrected chi connectivity index (χ4v) is 5.21.